The molecule has 0 saturated carbocycles. The van der Waals surface area contributed by atoms with Gasteiger partial charge in [-0.3, -0.25) is 9.59 Å². The molecule has 0 saturated heterocycles. The zero-order valence-corrected chi connectivity index (χ0v) is 20.6. The number of carbonyl (C=O) groups excluding carboxylic acids is 2. The van der Waals surface area contributed by atoms with E-state index in [0.717, 1.165) is 0 Å². The van der Waals surface area contributed by atoms with Crippen LogP contribution in [0.3, 0.4) is 0 Å². The number of fused-ring (bicyclic) bond motifs is 1. The SMILES string of the molecule is COc1cc(NC(=O)COC(=O)c2c(-c3ccc(Cl)cc3)c3ccccc3c(=O)n2C)cc(OC)c1. The summed E-state index contributed by atoms with van der Waals surface area (Å²) in [4.78, 5) is 38.8. The quantitative estimate of drug-likeness (QED) is 0.366. The second kappa shape index (κ2) is 10.5. The molecule has 0 aliphatic carbocycles. The first kappa shape index (κ1) is 24.8. The highest BCUT2D eigenvalue weighted by atomic mass is 35.5. The van der Waals surface area contributed by atoms with Crippen molar-refractivity contribution in [3.63, 3.8) is 0 Å². The molecule has 8 nitrogen and oxygen atoms in total. The standard InChI is InChI=1S/C27H23ClN2O6/c1-30-25(27(33)36-15-23(31)29-18-12-19(34-2)14-20(13-18)35-3)24(16-8-10-17(28)11-9-16)21-6-4-5-7-22(21)26(30)32/h4-14H,15H2,1-3H3,(H,29,31). The van der Waals surface area contributed by atoms with Crippen LogP contribution in [0, 0.1) is 0 Å². The number of hydrogen-bond acceptors (Lipinski definition) is 6. The molecule has 4 aromatic rings. The van der Waals surface area contributed by atoms with Gasteiger partial charge in [0.15, 0.2) is 6.61 Å². The van der Waals surface area contributed by atoms with Gasteiger partial charge in [-0.05, 0) is 29.1 Å². The van der Waals surface area contributed by atoms with Gasteiger partial charge in [0, 0.05) is 46.9 Å². The van der Waals surface area contributed by atoms with Crippen molar-refractivity contribution < 1.29 is 23.8 Å². The highest BCUT2D eigenvalue weighted by Crippen LogP contribution is 2.32. The number of nitrogens with zero attached hydrogens (tertiary/aromatic N) is 1. The number of hydrogen-bond donors (Lipinski definition) is 1. The molecule has 4 rings (SSSR count). The number of carbonyl (C=O) groups is 2. The topological polar surface area (TPSA) is 95.9 Å². The summed E-state index contributed by atoms with van der Waals surface area (Å²) in [5, 5.41) is 4.21. The van der Waals surface area contributed by atoms with Gasteiger partial charge in [-0.2, -0.15) is 0 Å². The summed E-state index contributed by atoms with van der Waals surface area (Å²) in [6.07, 6.45) is 0. The first-order chi connectivity index (χ1) is 17.3. The largest absolute Gasteiger partial charge is 0.497 e. The minimum Gasteiger partial charge on any atom is -0.497 e. The Morgan fingerprint density at radius 1 is 0.917 bits per heavy atom. The second-order valence-corrected chi connectivity index (χ2v) is 8.30. The second-order valence-electron chi connectivity index (χ2n) is 7.87. The smallest absolute Gasteiger partial charge is 0.356 e. The molecule has 1 amide bonds. The molecule has 0 spiro atoms. The van der Waals surface area contributed by atoms with E-state index in [4.69, 9.17) is 25.8 Å². The van der Waals surface area contributed by atoms with E-state index in [1.807, 2.05) is 0 Å². The van der Waals surface area contributed by atoms with Crippen LogP contribution in [0.25, 0.3) is 21.9 Å². The van der Waals surface area contributed by atoms with Crippen molar-refractivity contribution in [2.24, 2.45) is 7.05 Å². The third kappa shape index (κ3) is 5.04. The summed E-state index contributed by atoms with van der Waals surface area (Å²) >= 11 is 6.06. The highest BCUT2D eigenvalue weighted by Gasteiger charge is 2.23. The molecule has 1 aromatic heterocycles. The summed E-state index contributed by atoms with van der Waals surface area (Å²) in [5.74, 6) is -0.415. The lowest BCUT2D eigenvalue weighted by atomic mass is 9.97. The number of aromatic nitrogens is 1. The Labute approximate surface area is 212 Å². The van der Waals surface area contributed by atoms with Crippen LogP contribution < -0.4 is 20.3 Å². The van der Waals surface area contributed by atoms with Crippen molar-refractivity contribution in [3.05, 3.63) is 87.8 Å². The Kier molecular flexibility index (Phi) is 7.26. The van der Waals surface area contributed by atoms with Crippen LogP contribution in [0.15, 0.2) is 71.5 Å². The van der Waals surface area contributed by atoms with Gasteiger partial charge in [0.1, 0.15) is 17.2 Å². The summed E-state index contributed by atoms with van der Waals surface area (Å²) < 4.78 is 17.0. The number of esters is 1. The minimum atomic E-state index is -0.816. The Morgan fingerprint density at radius 3 is 2.14 bits per heavy atom. The van der Waals surface area contributed by atoms with E-state index < -0.39 is 18.5 Å². The molecule has 3 aromatic carbocycles. The van der Waals surface area contributed by atoms with Gasteiger partial charge in [-0.1, -0.05) is 41.9 Å². The van der Waals surface area contributed by atoms with Gasteiger partial charge in [-0.15, -0.1) is 0 Å². The Bertz CT molecular complexity index is 1490. The van der Waals surface area contributed by atoms with Crippen molar-refractivity contribution >= 4 is 39.9 Å². The maximum Gasteiger partial charge on any atom is 0.356 e. The van der Waals surface area contributed by atoms with Gasteiger partial charge in [0.2, 0.25) is 0 Å². The van der Waals surface area contributed by atoms with Crippen molar-refractivity contribution in [3.8, 4) is 22.6 Å². The van der Waals surface area contributed by atoms with Crippen LogP contribution in [-0.4, -0.2) is 37.3 Å². The molecule has 36 heavy (non-hydrogen) atoms. The molecule has 184 valence electrons. The number of pyridine rings is 1. The summed E-state index contributed by atoms with van der Waals surface area (Å²) in [7, 11) is 4.48. The molecule has 0 bridgehead atoms. The number of anilines is 1. The maximum atomic E-state index is 13.3. The molecular formula is C27H23ClN2O6. The van der Waals surface area contributed by atoms with E-state index in [1.165, 1.54) is 25.8 Å². The van der Waals surface area contributed by atoms with Crippen molar-refractivity contribution in [2.45, 2.75) is 0 Å². The van der Waals surface area contributed by atoms with Crippen LogP contribution in [-0.2, 0) is 16.6 Å². The normalized spacial score (nSPS) is 10.7. The van der Waals surface area contributed by atoms with E-state index in [9.17, 15) is 14.4 Å². The first-order valence-electron chi connectivity index (χ1n) is 10.9. The Hall–Kier alpha value is -4.30. The third-order valence-electron chi connectivity index (χ3n) is 5.60. The van der Waals surface area contributed by atoms with Crippen molar-refractivity contribution in [1.29, 1.82) is 0 Å². The molecule has 0 atom stereocenters. The summed E-state index contributed by atoms with van der Waals surface area (Å²) in [6, 6.07) is 18.8. The van der Waals surface area contributed by atoms with Gasteiger partial charge in [-0.25, -0.2) is 4.79 Å². The lowest BCUT2D eigenvalue weighted by Crippen LogP contribution is -2.28. The molecule has 0 aliphatic rings. The molecule has 0 fully saturated rings. The number of ether oxygens (including phenoxy) is 3. The van der Waals surface area contributed by atoms with Gasteiger partial charge in [0.05, 0.1) is 14.2 Å². The predicted octanol–water partition coefficient (Wildman–Crippen LogP) is 4.67. The van der Waals surface area contributed by atoms with Crippen LogP contribution in [0.4, 0.5) is 5.69 Å². The number of rotatable bonds is 7. The molecule has 0 aliphatic heterocycles. The summed E-state index contributed by atoms with van der Waals surface area (Å²) in [5.41, 5.74) is 1.26. The highest BCUT2D eigenvalue weighted by molar-refractivity contribution is 6.30. The van der Waals surface area contributed by atoms with Crippen LogP contribution in [0.2, 0.25) is 5.02 Å². The lowest BCUT2D eigenvalue weighted by Gasteiger charge is -2.17. The fourth-order valence-electron chi connectivity index (χ4n) is 3.89. The van der Waals surface area contributed by atoms with E-state index >= 15 is 0 Å². The van der Waals surface area contributed by atoms with Gasteiger partial charge >= 0.3 is 5.97 Å². The third-order valence-corrected chi connectivity index (χ3v) is 5.85. The van der Waals surface area contributed by atoms with Crippen LogP contribution in [0.5, 0.6) is 11.5 Å². The number of benzene rings is 3. The fraction of sp³-hybridized carbons (Fsp3) is 0.148. The molecule has 0 radical (unpaired) electrons. The van der Waals surface area contributed by atoms with E-state index in [0.29, 0.717) is 44.1 Å². The van der Waals surface area contributed by atoms with Crippen molar-refractivity contribution in [1.82, 2.24) is 4.57 Å². The Morgan fingerprint density at radius 2 is 1.53 bits per heavy atom. The van der Waals surface area contributed by atoms with Gasteiger partial charge in [0.25, 0.3) is 11.5 Å². The number of nitrogens with one attached hydrogen (secondary N) is 1. The minimum absolute atomic E-state index is 0.0249. The number of halogens is 1. The molecule has 9 heteroatoms. The number of amides is 1. The van der Waals surface area contributed by atoms with E-state index in [1.54, 1.807) is 66.7 Å². The van der Waals surface area contributed by atoms with E-state index in [-0.39, 0.29) is 11.3 Å². The monoisotopic (exact) mass is 506 g/mol. The summed E-state index contributed by atoms with van der Waals surface area (Å²) in [6.45, 7) is -0.570. The molecule has 0 unspecified atom stereocenters. The zero-order chi connectivity index (χ0) is 25.8. The van der Waals surface area contributed by atoms with E-state index in [2.05, 4.69) is 5.32 Å². The van der Waals surface area contributed by atoms with Crippen LogP contribution >= 0.6 is 11.6 Å². The van der Waals surface area contributed by atoms with Crippen LogP contribution in [0.1, 0.15) is 10.5 Å². The first-order valence-corrected chi connectivity index (χ1v) is 11.3. The maximum absolute atomic E-state index is 13.3. The zero-order valence-electron chi connectivity index (χ0n) is 19.8. The predicted molar refractivity (Wildman–Crippen MR) is 138 cm³/mol. The molecule has 1 N–H and O–H groups in total. The lowest BCUT2D eigenvalue weighted by molar-refractivity contribution is -0.119. The van der Waals surface area contributed by atoms with Crippen molar-refractivity contribution in [2.75, 3.05) is 26.1 Å². The fourth-order valence-corrected chi connectivity index (χ4v) is 4.01. The average molecular weight is 507 g/mol. The number of methoxy groups -OCH3 is 2. The average Bonchev–Trinajstić information content (AvgIpc) is 2.89. The molecule has 1 heterocycles. The molecular weight excluding hydrogens is 484 g/mol. The Balaban J connectivity index is 1.65. The van der Waals surface area contributed by atoms with Gasteiger partial charge < -0.3 is 24.1 Å².